The summed E-state index contributed by atoms with van der Waals surface area (Å²) in [6.45, 7) is 3.82. The largest absolute Gasteiger partial charge is 0.507 e. The molecule has 0 bridgehead atoms. The molecule has 5 heteroatoms. The highest BCUT2D eigenvalue weighted by Gasteiger charge is 2.32. The molecule has 3 rings (SSSR count). The van der Waals surface area contributed by atoms with Crippen molar-refractivity contribution < 1.29 is 14.6 Å². The van der Waals surface area contributed by atoms with E-state index in [9.17, 15) is 9.90 Å². The van der Waals surface area contributed by atoms with Crippen LogP contribution in [0.15, 0.2) is 18.2 Å². The van der Waals surface area contributed by atoms with Gasteiger partial charge in [-0.3, -0.25) is 9.69 Å². The molecule has 5 nitrogen and oxygen atoms in total. The molecule has 0 aliphatic carbocycles. The summed E-state index contributed by atoms with van der Waals surface area (Å²) in [5, 5.41) is 9.93. The molecular formula is C16H22N2O3. The van der Waals surface area contributed by atoms with E-state index in [2.05, 4.69) is 4.90 Å². The van der Waals surface area contributed by atoms with Crippen LogP contribution in [0.1, 0.15) is 29.6 Å². The van der Waals surface area contributed by atoms with Gasteiger partial charge >= 0.3 is 0 Å². The lowest BCUT2D eigenvalue weighted by atomic mass is 10.1. The molecule has 114 valence electrons. The molecule has 1 atom stereocenters. The van der Waals surface area contributed by atoms with Gasteiger partial charge in [-0.15, -0.1) is 0 Å². The Morgan fingerprint density at radius 1 is 1.29 bits per heavy atom. The molecule has 2 fully saturated rings. The van der Waals surface area contributed by atoms with Crippen LogP contribution in [0.25, 0.3) is 0 Å². The number of hydrogen-bond acceptors (Lipinski definition) is 4. The van der Waals surface area contributed by atoms with E-state index in [-0.39, 0.29) is 11.7 Å². The molecule has 0 saturated carbocycles. The number of phenols is 1. The van der Waals surface area contributed by atoms with Gasteiger partial charge < -0.3 is 14.7 Å². The van der Waals surface area contributed by atoms with E-state index in [1.54, 1.807) is 19.2 Å². The normalized spacial score (nSPS) is 22.7. The van der Waals surface area contributed by atoms with Crippen LogP contribution >= 0.6 is 0 Å². The maximum atomic E-state index is 12.6. The summed E-state index contributed by atoms with van der Waals surface area (Å²) in [5.74, 6) is 0.505. The monoisotopic (exact) mass is 290 g/mol. The number of methoxy groups -OCH3 is 1. The molecule has 2 saturated heterocycles. The van der Waals surface area contributed by atoms with Crippen molar-refractivity contribution >= 4 is 5.91 Å². The lowest BCUT2D eigenvalue weighted by Gasteiger charge is -2.23. The SMILES string of the molecule is COc1ccc(O)c(C(=O)N2CCC(N3CCCC3)C2)c1. The van der Waals surface area contributed by atoms with Crippen molar-refractivity contribution in [2.75, 3.05) is 33.3 Å². The average Bonchev–Trinajstić information content (AvgIpc) is 3.18. The highest BCUT2D eigenvalue weighted by molar-refractivity contribution is 5.97. The number of carbonyl (C=O) groups is 1. The van der Waals surface area contributed by atoms with Gasteiger partial charge in [-0.05, 0) is 50.6 Å². The van der Waals surface area contributed by atoms with Crippen molar-refractivity contribution in [2.45, 2.75) is 25.3 Å². The van der Waals surface area contributed by atoms with Crippen LogP contribution in [0.5, 0.6) is 11.5 Å². The molecule has 1 aromatic carbocycles. The second-order valence-electron chi connectivity index (χ2n) is 5.82. The summed E-state index contributed by atoms with van der Waals surface area (Å²) in [6, 6.07) is 5.26. The van der Waals surface area contributed by atoms with Gasteiger partial charge in [-0.25, -0.2) is 0 Å². The fraction of sp³-hybridized carbons (Fsp3) is 0.562. The van der Waals surface area contributed by atoms with Gasteiger partial charge in [-0.2, -0.15) is 0 Å². The topological polar surface area (TPSA) is 53.0 Å². The zero-order chi connectivity index (χ0) is 14.8. The fourth-order valence-electron chi connectivity index (χ4n) is 3.31. The molecule has 2 aliphatic rings. The maximum Gasteiger partial charge on any atom is 0.257 e. The molecule has 1 unspecified atom stereocenters. The van der Waals surface area contributed by atoms with Crippen molar-refractivity contribution in [2.24, 2.45) is 0 Å². The van der Waals surface area contributed by atoms with E-state index in [1.807, 2.05) is 4.90 Å². The standard InChI is InChI=1S/C16H22N2O3/c1-21-13-4-5-15(19)14(10-13)16(20)18-9-6-12(11-18)17-7-2-3-8-17/h4-5,10,12,19H,2-3,6-9,11H2,1H3. The van der Waals surface area contributed by atoms with Gasteiger partial charge in [0, 0.05) is 19.1 Å². The summed E-state index contributed by atoms with van der Waals surface area (Å²) in [5.41, 5.74) is 0.330. The zero-order valence-corrected chi connectivity index (χ0v) is 12.4. The molecule has 1 N–H and O–H groups in total. The highest BCUT2D eigenvalue weighted by atomic mass is 16.5. The Morgan fingerprint density at radius 2 is 2.05 bits per heavy atom. The first-order chi connectivity index (χ1) is 10.2. The first-order valence-electron chi connectivity index (χ1n) is 7.59. The summed E-state index contributed by atoms with van der Waals surface area (Å²) in [4.78, 5) is 16.9. The number of amides is 1. The smallest absolute Gasteiger partial charge is 0.257 e. The van der Waals surface area contributed by atoms with Crippen LogP contribution < -0.4 is 4.74 Å². The molecule has 2 aliphatic heterocycles. The Labute approximate surface area is 125 Å². The molecular weight excluding hydrogens is 268 g/mol. The van der Waals surface area contributed by atoms with Gasteiger partial charge in [0.05, 0.1) is 12.7 Å². The third-order valence-electron chi connectivity index (χ3n) is 4.54. The minimum atomic E-state index is -0.104. The van der Waals surface area contributed by atoms with Crippen LogP contribution in [0.2, 0.25) is 0 Å². The quantitative estimate of drug-likeness (QED) is 0.921. The van der Waals surface area contributed by atoms with Crippen molar-refractivity contribution in [3.63, 3.8) is 0 Å². The van der Waals surface area contributed by atoms with Crippen molar-refractivity contribution in [3.05, 3.63) is 23.8 Å². The molecule has 1 amide bonds. The minimum Gasteiger partial charge on any atom is -0.507 e. The number of ether oxygens (including phenoxy) is 1. The predicted octanol–water partition coefficient (Wildman–Crippen LogP) is 1.71. The Balaban J connectivity index is 1.71. The Bertz CT molecular complexity index is 526. The second kappa shape index (κ2) is 5.93. The molecule has 0 aromatic heterocycles. The highest BCUT2D eigenvalue weighted by Crippen LogP contribution is 2.27. The van der Waals surface area contributed by atoms with E-state index in [4.69, 9.17) is 4.74 Å². The summed E-state index contributed by atoms with van der Waals surface area (Å²) < 4.78 is 5.13. The van der Waals surface area contributed by atoms with Crippen molar-refractivity contribution in [1.82, 2.24) is 9.80 Å². The lowest BCUT2D eigenvalue weighted by Crippen LogP contribution is -2.37. The summed E-state index contributed by atoms with van der Waals surface area (Å²) in [7, 11) is 1.56. The lowest BCUT2D eigenvalue weighted by molar-refractivity contribution is 0.0776. The maximum absolute atomic E-state index is 12.6. The Morgan fingerprint density at radius 3 is 2.76 bits per heavy atom. The van der Waals surface area contributed by atoms with Gasteiger partial charge in [0.15, 0.2) is 0 Å². The summed E-state index contributed by atoms with van der Waals surface area (Å²) >= 11 is 0. The third kappa shape index (κ3) is 2.83. The number of rotatable bonds is 3. The molecule has 21 heavy (non-hydrogen) atoms. The molecule has 1 aromatic rings. The Kier molecular flexibility index (Phi) is 4.01. The first-order valence-corrected chi connectivity index (χ1v) is 7.59. The molecule has 0 radical (unpaired) electrons. The van der Waals surface area contributed by atoms with Crippen LogP contribution in [0, 0.1) is 0 Å². The van der Waals surface area contributed by atoms with Crippen LogP contribution in [0.4, 0.5) is 0 Å². The fourth-order valence-corrected chi connectivity index (χ4v) is 3.31. The average molecular weight is 290 g/mol. The van der Waals surface area contributed by atoms with Crippen LogP contribution in [-0.4, -0.2) is 60.1 Å². The second-order valence-corrected chi connectivity index (χ2v) is 5.82. The molecule has 0 spiro atoms. The van der Waals surface area contributed by atoms with Crippen LogP contribution in [0.3, 0.4) is 0 Å². The van der Waals surface area contributed by atoms with Gasteiger partial charge in [0.2, 0.25) is 0 Å². The first kappa shape index (κ1) is 14.2. The molecule has 2 heterocycles. The van der Waals surface area contributed by atoms with E-state index >= 15 is 0 Å². The number of benzene rings is 1. The van der Waals surface area contributed by atoms with E-state index in [1.165, 1.54) is 18.9 Å². The number of carbonyl (C=O) groups excluding carboxylic acids is 1. The number of hydrogen-bond donors (Lipinski definition) is 1. The minimum absolute atomic E-state index is 0.0189. The summed E-state index contributed by atoms with van der Waals surface area (Å²) in [6.07, 6.45) is 3.55. The van der Waals surface area contributed by atoms with Gasteiger partial charge in [0.25, 0.3) is 5.91 Å². The predicted molar refractivity (Wildman–Crippen MR) is 79.8 cm³/mol. The number of nitrogens with zero attached hydrogens (tertiary/aromatic N) is 2. The van der Waals surface area contributed by atoms with Gasteiger partial charge in [0.1, 0.15) is 11.5 Å². The van der Waals surface area contributed by atoms with Crippen LogP contribution in [-0.2, 0) is 0 Å². The van der Waals surface area contributed by atoms with E-state index in [0.717, 1.165) is 32.6 Å². The van der Waals surface area contributed by atoms with Crippen molar-refractivity contribution in [3.8, 4) is 11.5 Å². The van der Waals surface area contributed by atoms with Crippen molar-refractivity contribution in [1.29, 1.82) is 0 Å². The third-order valence-corrected chi connectivity index (χ3v) is 4.54. The van der Waals surface area contributed by atoms with Gasteiger partial charge in [-0.1, -0.05) is 0 Å². The Hall–Kier alpha value is -1.75. The zero-order valence-electron chi connectivity index (χ0n) is 12.4. The van der Waals surface area contributed by atoms with E-state index in [0.29, 0.717) is 17.4 Å². The number of aromatic hydroxyl groups is 1. The van der Waals surface area contributed by atoms with E-state index < -0.39 is 0 Å². The number of phenolic OH excluding ortho intramolecular Hbond substituents is 1. The number of likely N-dealkylation sites (tertiary alicyclic amines) is 2.